The maximum atomic E-state index is 15.1. The Balaban J connectivity index is 0.000000276. The molecule has 98 heavy (non-hydrogen) atoms. The summed E-state index contributed by atoms with van der Waals surface area (Å²) in [6.45, 7) is 3.96. The van der Waals surface area contributed by atoms with Crippen LogP contribution in [0.15, 0.2) is 134 Å². The number of halogens is 12. The molecule has 2 fully saturated rings. The van der Waals surface area contributed by atoms with Crippen molar-refractivity contribution < 1.29 is 82.1 Å². The largest absolute Gasteiger partial charge is 0.461 e. The van der Waals surface area contributed by atoms with Crippen molar-refractivity contribution in [3.63, 3.8) is 0 Å². The maximum Gasteiger partial charge on any atom is 0.461 e. The number of hydrogen-bond donors (Lipinski definition) is 6. The molecule has 4 aromatic carbocycles. The molecule has 0 bridgehead atoms. The van der Waals surface area contributed by atoms with E-state index < -0.39 is 71.3 Å². The zero-order valence-electron chi connectivity index (χ0n) is 53.6. The molecule has 0 spiro atoms. The molecule has 6 N–H and O–H groups in total. The van der Waals surface area contributed by atoms with Gasteiger partial charge in [-0.3, -0.25) is 19.6 Å². The van der Waals surface area contributed by atoms with E-state index in [0.29, 0.717) is 107 Å². The fraction of sp³-hybridized carbons (Fsp3) is 0.429. The number of rotatable bonds is 30. The van der Waals surface area contributed by atoms with Gasteiger partial charge >= 0.3 is 37.1 Å². The molecule has 6 amide bonds. The topological polar surface area (TPSA) is 219 Å². The number of nitrogens with one attached hydrogen (secondary N) is 6. The molecule has 2 aliphatic rings. The van der Waals surface area contributed by atoms with Crippen molar-refractivity contribution in [3.8, 4) is 11.5 Å². The number of alkyl halides is 8. The van der Waals surface area contributed by atoms with Crippen LogP contribution in [0.5, 0.6) is 11.5 Å². The first-order valence-electron chi connectivity index (χ1n) is 31.9. The Kier molecular flexibility index (Phi) is 28.1. The monoisotopic (exact) mass is 1420 g/mol. The third-order valence-corrected chi connectivity index (χ3v) is 17.2. The Labute approximate surface area is 570 Å². The number of carbonyl (C=O) groups is 6. The fourth-order valence-corrected chi connectivity index (χ4v) is 12.0. The summed E-state index contributed by atoms with van der Waals surface area (Å²) in [5.41, 5.74) is -2.12. The van der Waals surface area contributed by atoms with Crippen LogP contribution < -0.4 is 41.4 Å². The molecule has 2 heterocycles. The summed E-state index contributed by atoms with van der Waals surface area (Å²) >= 11 is 12.2. The normalized spacial score (nSPS) is 17.6. The molecule has 0 radical (unpaired) electrons. The van der Waals surface area contributed by atoms with Crippen LogP contribution in [0.3, 0.4) is 0 Å². The first-order chi connectivity index (χ1) is 46.5. The van der Waals surface area contributed by atoms with E-state index >= 15 is 8.78 Å². The molecule has 28 heteroatoms. The number of ketones is 2. The second kappa shape index (κ2) is 35.8. The number of aromatic nitrogens is 2. The van der Waals surface area contributed by atoms with Crippen molar-refractivity contribution in [3.05, 3.63) is 189 Å². The van der Waals surface area contributed by atoms with Gasteiger partial charge in [0.2, 0.25) is 11.8 Å². The number of pyridine rings is 2. The third-order valence-electron chi connectivity index (χ3n) is 16.7. The average molecular weight is 1420 g/mol. The predicted molar refractivity (Wildman–Crippen MR) is 346 cm³/mol. The highest BCUT2D eigenvalue weighted by Gasteiger charge is 2.47. The first-order valence-corrected chi connectivity index (χ1v) is 32.7. The molecule has 6 aromatic rings. The van der Waals surface area contributed by atoms with Crippen LogP contribution in [-0.2, 0) is 43.1 Å². The van der Waals surface area contributed by atoms with Crippen LogP contribution in [0.4, 0.5) is 53.5 Å². The van der Waals surface area contributed by atoms with Crippen molar-refractivity contribution in [2.24, 2.45) is 11.8 Å². The van der Waals surface area contributed by atoms with Gasteiger partial charge in [0.05, 0.1) is 21.4 Å². The zero-order chi connectivity index (χ0) is 71.2. The van der Waals surface area contributed by atoms with Gasteiger partial charge in [-0.1, -0.05) is 90.3 Å². The Morgan fingerprint density at radius 3 is 1.23 bits per heavy atom. The molecule has 0 unspecified atom stereocenters. The van der Waals surface area contributed by atoms with Crippen molar-refractivity contribution >= 4 is 58.6 Å². The van der Waals surface area contributed by atoms with Gasteiger partial charge in [-0.05, 0) is 155 Å². The Bertz CT molecular complexity index is 3620. The molecule has 0 saturated heterocycles. The van der Waals surface area contributed by atoms with Gasteiger partial charge in [0.15, 0.2) is 0 Å². The Morgan fingerprint density at radius 1 is 0.500 bits per heavy atom. The number of unbranched alkanes of at least 4 members (excludes halogenated alkanes) is 2. The number of urea groups is 2. The molecule has 8 rings (SSSR count). The number of benzene rings is 4. The van der Waals surface area contributed by atoms with Gasteiger partial charge in [0.1, 0.15) is 45.8 Å². The predicted octanol–water partition coefficient (Wildman–Crippen LogP) is 14.7. The summed E-state index contributed by atoms with van der Waals surface area (Å²) in [4.78, 5) is 83.9. The van der Waals surface area contributed by atoms with E-state index in [2.05, 4.69) is 51.3 Å². The van der Waals surface area contributed by atoms with E-state index in [1.165, 1.54) is 43.6 Å². The molecule has 0 aliphatic heterocycles. The smallest absolute Gasteiger partial charge is 0.428 e. The van der Waals surface area contributed by atoms with Gasteiger partial charge in [-0.2, -0.15) is 35.1 Å². The average Bonchev–Trinajstić information content (AvgIpc) is 0.766. The van der Waals surface area contributed by atoms with Crippen LogP contribution in [0.2, 0.25) is 10.0 Å². The number of Topliss-reactive ketones (excluding diaryl/α,β-unsaturated/α-hetero) is 2. The Hall–Kier alpha value is -8.52. The van der Waals surface area contributed by atoms with E-state index in [1.54, 1.807) is 67.6 Å². The molecule has 2 atom stereocenters. The van der Waals surface area contributed by atoms with Crippen molar-refractivity contribution in [2.75, 3.05) is 13.1 Å². The second-order valence-electron chi connectivity index (χ2n) is 24.3. The van der Waals surface area contributed by atoms with Crippen LogP contribution in [0.1, 0.15) is 137 Å². The van der Waals surface area contributed by atoms with E-state index in [0.717, 1.165) is 43.5 Å². The summed E-state index contributed by atoms with van der Waals surface area (Å²) in [6, 6.07) is 26.3. The summed E-state index contributed by atoms with van der Waals surface area (Å²) in [7, 11) is 0. The fourth-order valence-electron chi connectivity index (χ4n) is 11.8. The molecule has 2 aliphatic carbocycles. The lowest BCUT2D eigenvalue weighted by Crippen LogP contribution is -2.55. The van der Waals surface area contributed by atoms with Gasteiger partial charge in [-0.15, -0.1) is 0 Å². The first kappa shape index (κ1) is 76.8. The number of nitrogens with zero attached hydrogens (tertiary/aromatic N) is 2. The number of hydrogen-bond acceptors (Lipinski definition) is 10. The van der Waals surface area contributed by atoms with Crippen LogP contribution in [0.25, 0.3) is 0 Å². The van der Waals surface area contributed by atoms with Gasteiger partial charge in [0, 0.05) is 87.2 Å². The summed E-state index contributed by atoms with van der Waals surface area (Å²) in [6.07, 6.45) is -7.87. The molecule has 2 aromatic heterocycles. The highest BCUT2D eigenvalue weighted by molar-refractivity contribution is 6.30. The highest BCUT2D eigenvalue weighted by Crippen LogP contribution is 2.40. The van der Waals surface area contributed by atoms with E-state index in [1.807, 2.05) is 0 Å². The number of ether oxygens (including phenoxy) is 2. The lowest BCUT2D eigenvalue weighted by atomic mass is 9.80. The Morgan fingerprint density at radius 2 is 0.878 bits per heavy atom. The van der Waals surface area contributed by atoms with Crippen molar-refractivity contribution in [1.82, 2.24) is 41.9 Å². The number of amides is 6. The molecule has 16 nitrogen and oxygen atoms in total. The SMILES string of the molecule is CC(=O)CCCCCNC(=O)C1CCC(NC(=O)N[C@@](Cc2ccccc2)(c2cc(F)cc(OC(F)(F)C(F)F)c2)c2ccc(Cl)cn2)CC1.CC(=O)CCCNC(=O)C1CCC(NC(=O)N[C@@](Cc2ccccc2)(c2cc(F)cc(OC(F)(F)C(F)F)c2)c2ccc(Cl)cn2)CC1. The lowest BCUT2D eigenvalue weighted by molar-refractivity contribution is -0.253. The molecular formula is C70H76Cl2F10N8O8. The molecule has 2 saturated carbocycles. The van der Waals surface area contributed by atoms with E-state index in [9.17, 15) is 63.9 Å². The van der Waals surface area contributed by atoms with E-state index in [4.69, 9.17) is 23.2 Å². The van der Waals surface area contributed by atoms with Gasteiger partial charge in [0.25, 0.3) is 0 Å². The van der Waals surface area contributed by atoms with Crippen LogP contribution >= 0.6 is 23.2 Å². The van der Waals surface area contributed by atoms with Crippen LogP contribution in [0, 0.1) is 23.5 Å². The zero-order valence-corrected chi connectivity index (χ0v) is 55.1. The summed E-state index contributed by atoms with van der Waals surface area (Å²) in [5.74, 6) is -4.39. The van der Waals surface area contributed by atoms with Crippen LogP contribution in [-0.4, -0.2) is 95.7 Å². The van der Waals surface area contributed by atoms with Crippen molar-refractivity contribution in [1.29, 1.82) is 0 Å². The maximum absolute atomic E-state index is 15.1. The van der Waals surface area contributed by atoms with Crippen molar-refractivity contribution in [2.45, 2.75) is 165 Å². The van der Waals surface area contributed by atoms with Gasteiger partial charge in [-0.25, -0.2) is 18.4 Å². The minimum Gasteiger partial charge on any atom is -0.428 e. The highest BCUT2D eigenvalue weighted by atomic mass is 35.5. The number of carbonyl (C=O) groups excluding carboxylic acids is 6. The van der Waals surface area contributed by atoms with E-state index in [-0.39, 0.29) is 92.7 Å². The molecule has 528 valence electrons. The summed E-state index contributed by atoms with van der Waals surface area (Å²) < 4.78 is 146. The third kappa shape index (κ3) is 22.8. The minimum absolute atomic E-state index is 0.0493. The summed E-state index contributed by atoms with van der Waals surface area (Å²) in [5, 5.41) is 17.9. The molecular weight excluding hydrogens is 1340 g/mol. The lowest BCUT2D eigenvalue weighted by Gasteiger charge is -2.37. The quantitative estimate of drug-likeness (QED) is 0.0185. The standard InChI is InChI=1S/C36H40ClF5N4O4.C34H36ClF5N4O4/c1-23(47)8-4-3-7-17-43-32(48)25-11-14-29(15-12-25)45-34(49)46-35(21-24-9-5-2-6-10-24,31-16-13-27(37)22-44-31)26-18-28(38)20-30(19-26)50-36(41,42)33(39)40;1-21(45)6-5-15-41-30(46)23-9-12-27(13-10-23)43-32(47)44-33(19-22-7-3-2-4-8-22,29-14-11-25(35)20-42-29)24-16-26(36)18-28(17-24)48-34(39,40)31(37)38/h2,5-6,9-10,13,16,18-20,22,25,29,33H,3-4,7-8,11-12,14-15,17,21H2,1H3,(H,43,48)(H2,45,46,49);2-4,7-8,11,14,16-18,20,23,27,31H,5-6,9-10,12-13,15,19H2,1H3,(H,41,46)(H2,43,44,47)/t25?,29?,35-;23?,27?,33-/m00/s1. The van der Waals surface area contributed by atoms with Gasteiger partial charge < -0.3 is 51.0 Å². The minimum atomic E-state index is -4.92. The second-order valence-corrected chi connectivity index (χ2v) is 25.2.